The monoisotopic (exact) mass is 221 g/mol. The highest BCUT2D eigenvalue weighted by Crippen LogP contribution is 2.33. The maximum absolute atomic E-state index is 11.4. The minimum atomic E-state index is -0.306. The first-order valence-electron chi connectivity index (χ1n) is 4.71. The second-order valence-corrected chi connectivity index (χ2v) is 3.90. The third-order valence-electron chi connectivity index (χ3n) is 1.96. The van der Waals surface area contributed by atoms with Crippen molar-refractivity contribution < 1.29 is 9.53 Å². The molecule has 4 heteroatoms. The fourth-order valence-electron chi connectivity index (χ4n) is 1.28. The van der Waals surface area contributed by atoms with E-state index in [1.54, 1.807) is 12.3 Å². The Kier molecular flexibility index (Phi) is 2.97. The van der Waals surface area contributed by atoms with Gasteiger partial charge in [0.15, 0.2) is 0 Å². The molecule has 0 amide bonds. The smallest absolute Gasteiger partial charge is 0.355 e. The van der Waals surface area contributed by atoms with Crippen LogP contribution in [0.15, 0.2) is 40.3 Å². The van der Waals surface area contributed by atoms with Gasteiger partial charge in [-0.3, -0.25) is 0 Å². The Morgan fingerprint density at radius 1 is 1.47 bits per heavy atom. The molecule has 1 aromatic rings. The van der Waals surface area contributed by atoms with Crippen LogP contribution < -0.4 is 5.32 Å². The summed E-state index contributed by atoms with van der Waals surface area (Å²) in [4.78, 5) is 12.6. The number of anilines is 1. The van der Waals surface area contributed by atoms with E-state index < -0.39 is 0 Å². The standard InChI is InChI=1S/C11H11NO2S/c1-2-14-11(13)9-7-15-10-6-4-3-5-8(10)12-9/h3-7,12H,2H2,1H3. The predicted molar refractivity (Wildman–Crippen MR) is 60.6 cm³/mol. The van der Waals surface area contributed by atoms with Crippen LogP contribution >= 0.6 is 11.8 Å². The lowest BCUT2D eigenvalue weighted by Gasteiger charge is -2.17. The van der Waals surface area contributed by atoms with E-state index >= 15 is 0 Å². The third-order valence-corrected chi connectivity index (χ3v) is 2.92. The Morgan fingerprint density at radius 3 is 3.07 bits per heavy atom. The van der Waals surface area contributed by atoms with Gasteiger partial charge in [-0.1, -0.05) is 23.9 Å². The van der Waals surface area contributed by atoms with Gasteiger partial charge in [-0.05, 0) is 19.1 Å². The summed E-state index contributed by atoms with van der Waals surface area (Å²) in [6.45, 7) is 2.19. The number of hydrogen-bond acceptors (Lipinski definition) is 4. The molecule has 78 valence electrons. The van der Waals surface area contributed by atoms with Crippen molar-refractivity contribution in [1.29, 1.82) is 0 Å². The quantitative estimate of drug-likeness (QED) is 0.779. The molecule has 0 atom stereocenters. The molecule has 0 aliphatic carbocycles. The topological polar surface area (TPSA) is 38.3 Å². The lowest BCUT2D eigenvalue weighted by atomic mass is 10.3. The highest BCUT2D eigenvalue weighted by atomic mass is 32.2. The van der Waals surface area contributed by atoms with E-state index in [0.29, 0.717) is 12.3 Å². The number of benzene rings is 1. The van der Waals surface area contributed by atoms with Crippen LogP contribution in [-0.4, -0.2) is 12.6 Å². The van der Waals surface area contributed by atoms with E-state index in [1.807, 2.05) is 24.3 Å². The molecule has 1 aliphatic heterocycles. The summed E-state index contributed by atoms with van der Waals surface area (Å²) >= 11 is 1.53. The summed E-state index contributed by atoms with van der Waals surface area (Å²) in [5.41, 5.74) is 1.45. The van der Waals surface area contributed by atoms with Crippen molar-refractivity contribution in [1.82, 2.24) is 0 Å². The summed E-state index contributed by atoms with van der Waals surface area (Å²) in [6.07, 6.45) is 0. The van der Waals surface area contributed by atoms with Crippen LogP contribution in [0.1, 0.15) is 6.92 Å². The van der Waals surface area contributed by atoms with Crippen LogP contribution in [0.3, 0.4) is 0 Å². The second kappa shape index (κ2) is 4.40. The highest BCUT2D eigenvalue weighted by Gasteiger charge is 2.16. The zero-order chi connectivity index (χ0) is 10.7. The van der Waals surface area contributed by atoms with Crippen molar-refractivity contribution in [3.63, 3.8) is 0 Å². The van der Waals surface area contributed by atoms with E-state index in [-0.39, 0.29) is 5.97 Å². The number of carbonyl (C=O) groups is 1. The molecule has 0 saturated heterocycles. The first kappa shape index (κ1) is 10.1. The number of thioether (sulfide) groups is 1. The molecule has 0 fully saturated rings. The first-order chi connectivity index (χ1) is 7.31. The van der Waals surface area contributed by atoms with Crippen molar-refractivity contribution in [2.24, 2.45) is 0 Å². The van der Waals surface area contributed by atoms with Crippen LogP contribution in [0, 0.1) is 0 Å². The number of hydrogen-bond donors (Lipinski definition) is 1. The van der Waals surface area contributed by atoms with E-state index in [4.69, 9.17) is 4.74 Å². The second-order valence-electron chi connectivity index (χ2n) is 2.99. The van der Waals surface area contributed by atoms with Crippen molar-refractivity contribution >= 4 is 23.4 Å². The van der Waals surface area contributed by atoms with Gasteiger partial charge in [0.1, 0.15) is 5.70 Å². The molecular formula is C11H11NO2S. The number of esters is 1. The molecule has 3 nitrogen and oxygen atoms in total. The summed E-state index contributed by atoms with van der Waals surface area (Å²) < 4.78 is 4.91. The molecule has 1 aliphatic rings. The van der Waals surface area contributed by atoms with Crippen molar-refractivity contribution in [2.75, 3.05) is 11.9 Å². The maximum Gasteiger partial charge on any atom is 0.355 e. The Labute approximate surface area is 92.5 Å². The predicted octanol–water partition coefficient (Wildman–Crippen LogP) is 2.61. The van der Waals surface area contributed by atoms with Gasteiger partial charge in [-0.15, -0.1) is 0 Å². The Balaban J connectivity index is 2.16. The number of fused-ring (bicyclic) bond motifs is 1. The largest absolute Gasteiger partial charge is 0.461 e. The molecule has 0 spiro atoms. The van der Waals surface area contributed by atoms with Crippen molar-refractivity contribution in [3.8, 4) is 0 Å². The molecular weight excluding hydrogens is 210 g/mol. The van der Waals surface area contributed by atoms with E-state index in [0.717, 1.165) is 10.6 Å². The minimum absolute atomic E-state index is 0.306. The summed E-state index contributed by atoms with van der Waals surface area (Å²) in [6, 6.07) is 7.84. The molecule has 0 unspecified atom stereocenters. The van der Waals surface area contributed by atoms with Gasteiger partial charge in [0, 0.05) is 10.3 Å². The van der Waals surface area contributed by atoms with E-state index in [2.05, 4.69) is 5.32 Å². The summed E-state index contributed by atoms with van der Waals surface area (Å²) in [5, 5.41) is 4.83. The fraction of sp³-hybridized carbons (Fsp3) is 0.182. The van der Waals surface area contributed by atoms with Gasteiger partial charge in [-0.25, -0.2) is 4.79 Å². The molecule has 1 heterocycles. The Bertz CT molecular complexity index is 415. The first-order valence-corrected chi connectivity index (χ1v) is 5.59. The summed E-state index contributed by atoms with van der Waals surface area (Å²) in [7, 11) is 0. The van der Waals surface area contributed by atoms with Crippen LogP contribution in [0.4, 0.5) is 5.69 Å². The van der Waals surface area contributed by atoms with Gasteiger partial charge in [-0.2, -0.15) is 0 Å². The maximum atomic E-state index is 11.4. The number of carbonyl (C=O) groups excluding carboxylic acids is 1. The fourth-order valence-corrected chi connectivity index (χ4v) is 2.08. The molecule has 0 aromatic heterocycles. The Hall–Kier alpha value is -1.42. The molecule has 2 rings (SSSR count). The van der Waals surface area contributed by atoms with Crippen LogP contribution in [-0.2, 0) is 9.53 Å². The molecule has 0 radical (unpaired) electrons. The Morgan fingerprint density at radius 2 is 2.27 bits per heavy atom. The average Bonchev–Trinajstić information content (AvgIpc) is 2.29. The van der Waals surface area contributed by atoms with Crippen LogP contribution in [0.25, 0.3) is 0 Å². The number of para-hydroxylation sites is 1. The molecule has 0 saturated carbocycles. The summed E-state index contributed by atoms with van der Waals surface area (Å²) in [5.74, 6) is -0.306. The lowest BCUT2D eigenvalue weighted by molar-refractivity contribution is -0.138. The van der Waals surface area contributed by atoms with E-state index in [9.17, 15) is 4.79 Å². The van der Waals surface area contributed by atoms with Crippen molar-refractivity contribution in [2.45, 2.75) is 11.8 Å². The minimum Gasteiger partial charge on any atom is -0.461 e. The molecule has 1 N–H and O–H groups in total. The van der Waals surface area contributed by atoms with Crippen molar-refractivity contribution in [3.05, 3.63) is 35.4 Å². The zero-order valence-corrected chi connectivity index (χ0v) is 9.14. The lowest BCUT2D eigenvalue weighted by Crippen LogP contribution is -2.16. The van der Waals surface area contributed by atoms with Gasteiger partial charge < -0.3 is 10.1 Å². The van der Waals surface area contributed by atoms with Gasteiger partial charge in [0.25, 0.3) is 0 Å². The van der Waals surface area contributed by atoms with E-state index in [1.165, 1.54) is 11.8 Å². The van der Waals surface area contributed by atoms with Gasteiger partial charge >= 0.3 is 5.97 Å². The zero-order valence-electron chi connectivity index (χ0n) is 8.32. The molecule has 15 heavy (non-hydrogen) atoms. The molecule has 0 bridgehead atoms. The van der Waals surface area contributed by atoms with Gasteiger partial charge in [0.2, 0.25) is 0 Å². The number of nitrogens with one attached hydrogen (secondary N) is 1. The number of rotatable bonds is 2. The average molecular weight is 221 g/mol. The highest BCUT2D eigenvalue weighted by molar-refractivity contribution is 8.02. The van der Waals surface area contributed by atoms with Crippen LogP contribution in [0.5, 0.6) is 0 Å². The number of ether oxygens (including phenoxy) is 1. The SMILES string of the molecule is CCOC(=O)C1=CSc2ccccc2N1. The van der Waals surface area contributed by atoms with Crippen LogP contribution in [0.2, 0.25) is 0 Å². The van der Waals surface area contributed by atoms with Gasteiger partial charge in [0.05, 0.1) is 12.3 Å². The molecule has 1 aromatic carbocycles. The third kappa shape index (κ3) is 2.15. The normalized spacial score (nSPS) is 13.5.